The van der Waals surface area contributed by atoms with Gasteiger partial charge in [-0.05, 0) is 37.0 Å². The molecule has 0 unspecified atom stereocenters. The Morgan fingerprint density at radius 1 is 1.04 bits per heavy atom. The highest BCUT2D eigenvalue weighted by atomic mass is 16.5. The number of urea groups is 1. The number of carboxylic acids is 1. The number of hydrogen-bond donors (Lipinski definition) is 4. The van der Waals surface area contributed by atoms with Gasteiger partial charge in [0.1, 0.15) is 5.75 Å². The molecule has 0 bridgehead atoms. The summed E-state index contributed by atoms with van der Waals surface area (Å²) in [5.74, 6) is -0.781. The Bertz CT molecular complexity index is 627. The number of aliphatic carboxylic acids is 1. The third-order valence-electron chi connectivity index (χ3n) is 4.37. The average molecular weight is 377 g/mol. The van der Waals surface area contributed by atoms with Crippen molar-refractivity contribution >= 4 is 17.9 Å². The highest BCUT2D eigenvalue weighted by Crippen LogP contribution is 2.17. The number of carbonyl (C=O) groups is 3. The molecule has 1 aromatic carbocycles. The Morgan fingerprint density at radius 3 is 2.41 bits per heavy atom. The minimum Gasteiger partial charge on any atom is -0.482 e. The van der Waals surface area contributed by atoms with Crippen molar-refractivity contribution in [1.82, 2.24) is 16.0 Å². The maximum absolute atomic E-state index is 11.8. The van der Waals surface area contributed by atoms with Crippen molar-refractivity contribution in [3.05, 3.63) is 29.8 Å². The first kappa shape index (κ1) is 20.5. The van der Waals surface area contributed by atoms with E-state index in [0.717, 1.165) is 31.2 Å². The van der Waals surface area contributed by atoms with Gasteiger partial charge in [-0.3, -0.25) is 4.79 Å². The van der Waals surface area contributed by atoms with Crippen LogP contribution in [0.2, 0.25) is 0 Å². The molecule has 0 heterocycles. The third-order valence-corrected chi connectivity index (χ3v) is 4.37. The van der Waals surface area contributed by atoms with E-state index in [-0.39, 0.29) is 31.1 Å². The number of carboxylic acid groups (broad SMARTS) is 1. The first-order chi connectivity index (χ1) is 13.0. The van der Waals surface area contributed by atoms with Gasteiger partial charge in [0.25, 0.3) is 0 Å². The lowest BCUT2D eigenvalue weighted by Gasteiger charge is -2.22. The molecule has 0 aliphatic heterocycles. The normalized spacial score (nSPS) is 14.2. The molecule has 27 heavy (non-hydrogen) atoms. The van der Waals surface area contributed by atoms with Crippen LogP contribution in [0.5, 0.6) is 5.75 Å². The van der Waals surface area contributed by atoms with Crippen molar-refractivity contribution in [3.63, 3.8) is 0 Å². The molecule has 0 atom stereocenters. The second-order valence-corrected chi connectivity index (χ2v) is 6.59. The van der Waals surface area contributed by atoms with Gasteiger partial charge in [-0.15, -0.1) is 0 Å². The number of hydrogen-bond acceptors (Lipinski definition) is 4. The fraction of sp³-hybridized carbons (Fsp3) is 0.526. The fourth-order valence-corrected chi connectivity index (χ4v) is 2.95. The van der Waals surface area contributed by atoms with Crippen LogP contribution in [0.4, 0.5) is 4.79 Å². The van der Waals surface area contributed by atoms with Crippen LogP contribution in [0, 0.1) is 0 Å². The van der Waals surface area contributed by atoms with E-state index in [4.69, 9.17) is 9.84 Å². The van der Waals surface area contributed by atoms with E-state index in [2.05, 4.69) is 16.0 Å². The molecule has 148 valence electrons. The second kappa shape index (κ2) is 11.1. The molecule has 1 saturated carbocycles. The van der Waals surface area contributed by atoms with Crippen molar-refractivity contribution in [2.45, 2.75) is 44.6 Å². The summed E-state index contributed by atoms with van der Waals surface area (Å²) in [4.78, 5) is 34.0. The van der Waals surface area contributed by atoms with Gasteiger partial charge in [0.2, 0.25) is 5.91 Å². The molecule has 2 rings (SSSR count). The van der Waals surface area contributed by atoms with Crippen molar-refractivity contribution in [3.8, 4) is 5.75 Å². The van der Waals surface area contributed by atoms with Gasteiger partial charge in [-0.25, -0.2) is 9.59 Å². The van der Waals surface area contributed by atoms with Crippen molar-refractivity contribution in [1.29, 1.82) is 0 Å². The zero-order valence-electron chi connectivity index (χ0n) is 15.3. The molecule has 8 heteroatoms. The highest BCUT2D eigenvalue weighted by Gasteiger charge is 2.15. The molecule has 4 N–H and O–H groups in total. The van der Waals surface area contributed by atoms with Crippen LogP contribution < -0.4 is 20.7 Å². The van der Waals surface area contributed by atoms with Crippen molar-refractivity contribution in [2.75, 3.05) is 19.7 Å². The van der Waals surface area contributed by atoms with Gasteiger partial charge in [-0.2, -0.15) is 0 Å². The molecular formula is C19H27N3O5. The quantitative estimate of drug-likeness (QED) is 0.520. The topological polar surface area (TPSA) is 117 Å². The summed E-state index contributed by atoms with van der Waals surface area (Å²) in [6, 6.07) is 6.94. The minimum absolute atomic E-state index is 0.0550. The summed E-state index contributed by atoms with van der Waals surface area (Å²) in [6.07, 6.45) is 6.12. The number of benzene rings is 1. The molecule has 8 nitrogen and oxygen atoms in total. The first-order valence-corrected chi connectivity index (χ1v) is 9.27. The predicted octanol–water partition coefficient (Wildman–Crippen LogP) is 1.44. The molecule has 0 spiro atoms. The maximum atomic E-state index is 11.8. The Hall–Kier alpha value is -2.77. The lowest BCUT2D eigenvalue weighted by molar-refractivity contribution is -0.139. The first-order valence-electron chi connectivity index (χ1n) is 9.27. The standard InChI is InChI=1S/C19H27N3O5/c23-17(12-21-19(26)22-15-4-2-1-3-5-15)20-11-10-14-6-8-16(9-7-14)27-13-18(24)25/h6-9,15H,1-5,10-13H2,(H,20,23)(H,24,25)(H2,21,22,26). The Morgan fingerprint density at radius 2 is 1.74 bits per heavy atom. The summed E-state index contributed by atoms with van der Waals surface area (Å²) in [6.45, 7) is 0.0112. The molecule has 0 aromatic heterocycles. The fourth-order valence-electron chi connectivity index (χ4n) is 2.95. The molecule has 0 saturated heterocycles. The van der Waals surface area contributed by atoms with Gasteiger partial charge in [0.15, 0.2) is 6.61 Å². The maximum Gasteiger partial charge on any atom is 0.341 e. The molecule has 0 radical (unpaired) electrons. The SMILES string of the molecule is O=C(O)COc1ccc(CCNC(=O)CNC(=O)NC2CCCCC2)cc1. The molecular weight excluding hydrogens is 350 g/mol. The summed E-state index contributed by atoms with van der Waals surface area (Å²) < 4.78 is 5.06. The van der Waals surface area contributed by atoms with E-state index in [1.807, 2.05) is 12.1 Å². The van der Waals surface area contributed by atoms with E-state index in [1.165, 1.54) is 6.42 Å². The molecule has 1 aliphatic carbocycles. The van der Waals surface area contributed by atoms with E-state index in [0.29, 0.717) is 18.7 Å². The van der Waals surface area contributed by atoms with E-state index < -0.39 is 5.97 Å². The number of ether oxygens (including phenoxy) is 1. The Kier molecular flexibility index (Phi) is 8.41. The number of nitrogens with one attached hydrogen (secondary N) is 3. The molecule has 1 aromatic rings. The van der Waals surface area contributed by atoms with Gasteiger partial charge in [0, 0.05) is 12.6 Å². The van der Waals surface area contributed by atoms with Crippen molar-refractivity contribution < 1.29 is 24.2 Å². The summed E-state index contributed by atoms with van der Waals surface area (Å²) >= 11 is 0. The van der Waals surface area contributed by atoms with Crippen LogP contribution in [0.1, 0.15) is 37.7 Å². The number of carbonyl (C=O) groups excluding carboxylic acids is 2. The summed E-state index contributed by atoms with van der Waals surface area (Å²) in [7, 11) is 0. The molecule has 1 fully saturated rings. The van der Waals surface area contributed by atoms with Crippen LogP contribution in [0.25, 0.3) is 0 Å². The van der Waals surface area contributed by atoms with E-state index in [9.17, 15) is 14.4 Å². The third kappa shape index (κ3) is 8.44. The average Bonchev–Trinajstić information content (AvgIpc) is 2.66. The van der Waals surface area contributed by atoms with Crippen LogP contribution in [0.15, 0.2) is 24.3 Å². The van der Waals surface area contributed by atoms with Crippen LogP contribution in [-0.4, -0.2) is 48.8 Å². The monoisotopic (exact) mass is 377 g/mol. The van der Waals surface area contributed by atoms with Crippen LogP contribution >= 0.6 is 0 Å². The van der Waals surface area contributed by atoms with Crippen LogP contribution in [-0.2, 0) is 16.0 Å². The molecule has 3 amide bonds. The predicted molar refractivity (Wildman–Crippen MR) is 99.7 cm³/mol. The second-order valence-electron chi connectivity index (χ2n) is 6.59. The van der Waals surface area contributed by atoms with Crippen molar-refractivity contribution in [2.24, 2.45) is 0 Å². The lowest BCUT2D eigenvalue weighted by Crippen LogP contribution is -2.46. The van der Waals surface area contributed by atoms with E-state index >= 15 is 0 Å². The summed E-state index contributed by atoms with van der Waals surface area (Å²) in [5, 5.41) is 16.8. The highest BCUT2D eigenvalue weighted by molar-refractivity contribution is 5.83. The smallest absolute Gasteiger partial charge is 0.341 e. The minimum atomic E-state index is -1.03. The zero-order valence-corrected chi connectivity index (χ0v) is 15.3. The van der Waals surface area contributed by atoms with Gasteiger partial charge in [-0.1, -0.05) is 31.4 Å². The van der Waals surface area contributed by atoms with E-state index in [1.54, 1.807) is 12.1 Å². The van der Waals surface area contributed by atoms with Gasteiger partial charge >= 0.3 is 12.0 Å². The number of amides is 3. The summed E-state index contributed by atoms with van der Waals surface area (Å²) in [5.41, 5.74) is 0.987. The molecule has 1 aliphatic rings. The Labute approximate surface area is 158 Å². The van der Waals surface area contributed by atoms with Gasteiger partial charge < -0.3 is 25.8 Å². The Balaban J connectivity index is 1.58. The number of rotatable bonds is 9. The lowest BCUT2D eigenvalue weighted by atomic mass is 9.96. The van der Waals surface area contributed by atoms with Gasteiger partial charge in [0.05, 0.1) is 6.54 Å². The largest absolute Gasteiger partial charge is 0.482 e. The zero-order chi connectivity index (χ0) is 19.5. The van der Waals surface area contributed by atoms with Crippen LogP contribution in [0.3, 0.4) is 0 Å².